The maximum Gasteiger partial charge on any atom is 0.271 e. The van der Waals surface area contributed by atoms with Crippen LogP contribution in [-0.4, -0.2) is 27.9 Å². The van der Waals surface area contributed by atoms with E-state index in [0.29, 0.717) is 17.3 Å². The summed E-state index contributed by atoms with van der Waals surface area (Å²) < 4.78 is 30.1. The first-order chi connectivity index (χ1) is 13.5. The van der Waals surface area contributed by atoms with Crippen LogP contribution in [0.3, 0.4) is 0 Å². The predicted molar refractivity (Wildman–Crippen MR) is 112 cm³/mol. The minimum atomic E-state index is -3.61. The molecular weight excluding hydrogens is 464 g/mol. The first-order valence-electron chi connectivity index (χ1n) is 7.95. The van der Waals surface area contributed by atoms with Gasteiger partial charge in [-0.25, -0.2) is 23.4 Å². The molecule has 0 amide bonds. The van der Waals surface area contributed by atoms with Crippen molar-refractivity contribution in [3.8, 4) is 5.82 Å². The van der Waals surface area contributed by atoms with Crippen molar-refractivity contribution in [1.82, 2.24) is 19.5 Å². The van der Waals surface area contributed by atoms with Gasteiger partial charge in [0.2, 0.25) is 0 Å². The topological polar surface area (TPSA) is 102 Å². The second-order valence-electron chi connectivity index (χ2n) is 5.60. The van der Waals surface area contributed by atoms with Gasteiger partial charge in [-0.1, -0.05) is 0 Å². The Balaban J connectivity index is 1.47. The van der Waals surface area contributed by atoms with Gasteiger partial charge in [0, 0.05) is 29.8 Å². The van der Waals surface area contributed by atoms with Gasteiger partial charge >= 0.3 is 0 Å². The summed E-state index contributed by atoms with van der Waals surface area (Å²) in [5.41, 5.74) is 1.23. The van der Waals surface area contributed by atoms with E-state index in [2.05, 4.69) is 40.9 Å². The number of benzene rings is 1. The smallest absolute Gasteiger partial charge is 0.271 e. The van der Waals surface area contributed by atoms with Crippen LogP contribution >= 0.6 is 27.3 Å². The summed E-state index contributed by atoms with van der Waals surface area (Å²) in [4.78, 5) is 12.4. The van der Waals surface area contributed by atoms with Crippen molar-refractivity contribution in [2.45, 2.75) is 4.21 Å². The fraction of sp³-hybridized carbons (Fsp3) is 0. The van der Waals surface area contributed by atoms with E-state index in [1.807, 2.05) is 0 Å². The zero-order valence-electron chi connectivity index (χ0n) is 14.2. The van der Waals surface area contributed by atoms with Crippen LogP contribution in [0.4, 0.5) is 17.2 Å². The third-order valence-corrected chi connectivity index (χ3v) is 7.14. The van der Waals surface area contributed by atoms with Crippen LogP contribution in [0, 0.1) is 0 Å². The molecule has 0 atom stereocenters. The molecule has 142 valence electrons. The van der Waals surface area contributed by atoms with E-state index in [-0.39, 0.29) is 4.21 Å². The summed E-state index contributed by atoms with van der Waals surface area (Å²) in [5.74, 6) is 1.29. The number of anilines is 3. The maximum absolute atomic E-state index is 12.4. The third kappa shape index (κ3) is 4.21. The Kier molecular flexibility index (Phi) is 5.11. The lowest BCUT2D eigenvalue weighted by Gasteiger charge is -2.09. The summed E-state index contributed by atoms with van der Waals surface area (Å²) >= 11 is 4.42. The Morgan fingerprint density at radius 1 is 1.04 bits per heavy atom. The normalized spacial score (nSPS) is 11.3. The van der Waals surface area contributed by atoms with Gasteiger partial charge in [-0.15, -0.1) is 11.3 Å². The van der Waals surface area contributed by atoms with Gasteiger partial charge in [0.05, 0.1) is 3.79 Å². The van der Waals surface area contributed by atoms with E-state index in [1.54, 1.807) is 65.8 Å². The lowest BCUT2D eigenvalue weighted by atomic mass is 10.3. The van der Waals surface area contributed by atoms with Crippen LogP contribution < -0.4 is 10.0 Å². The van der Waals surface area contributed by atoms with Gasteiger partial charge in [0.25, 0.3) is 10.0 Å². The van der Waals surface area contributed by atoms with Crippen molar-refractivity contribution in [1.29, 1.82) is 0 Å². The van der Waals surface area contributed by atoms with Crippen LogP contribution in [0.15, 0.2) is 75.5 Å². The van der Waals surface area contributed by atoms with Crippen molar-refractivity contribution in [2.75, 3.05) is 10.0 Å². The molecule has 1 aromatic carbocycles. The van der Waals surface area contributed by atoms with Gasteiger partial charge in [-0.05, 0) is 52.3 Å². The summed E-state index contributed by atoms with van der Waals surface area (Å²) in [7, 11) is -3.61. The largest absolute Gasteiger partial charge is 0.340 e. The highest BCUT2D eigenvalue weighted by molar-refractivity contribution is 9.11. The monoisotopic (exact) mass is 476 g/mol. The van der Waals surface area contributed by atoms with Gasteiger partial charge in [0.15, 0.2) is 0 Å². The zero-order chi connectivity index (χ0) is 19.6. The molecule has 0 fully saturated rings. The highest BCUT2D eigenvalue weighted by Gasteiger charge is 2.16. The molecule has 0 saturated heterocycles. The first kappa shape index (κ1) is 18.6. The fourth-order valence-corrected chi connectivity index (χ4v) is 5.44. The van der Waals surface area contributed by atoms with Crippen molar-refractivity contribution < 1.29 is 8.42 Å². The van der Waals surface area contributed by atoms with E-state index in [4.69, 9.17) is 0 Å². The number of aromatic nitrogens is 4. The van der Waals surface area contributed by atoms with Crippen molar-refractivity contribution >= 4 is 54.5 Å². The number of sulfonamides is 1. The number of halogens is 1. The Morgan fingerprint density at radius 2 is 1.82 bits per heavy atom. The Labute approximate surface area is 173 Å². The molecule has 11 heteroatoms. The molecule has 28 heavy (non-hydrogen) atoms. The molecule has 8 nitrogen and oxygen atoms in total. The molecule has 0 aliphatic carbocycles. The Morgan fingerprint density at radius 3 is 2.50 bits per heavy atom. The van der Waals surface area contributed by atoms with Crippen LogP contribution in [-0.2, 0) is 10.0 Å². The number of nitrogens with one attached hydrogen (secondary N) is 2. The number of imidazole rings is 1. The molecule has 0 aliphatic heterocycles. The van der Waals surface area contributed by atoms with Gasteiger partial charge in [-0.2, -0.15) is 0 Å². The quantitative estimate of drug-likeness (QED) is 0.435. The second kappa shape index (κ2) is 7.70. The maximum atomic E-state index is 12.4. The van der Waals surface area contributed by atoms with E-state index >= 15 is 0 Å². The van der Waals surface area contributed by atoms with Crippen LogP contribution in [0.25, 0.3) is 5.82 Å². The molecule has 0 spiro atoms. The van der Waals surface area contributed by atoms with E-state index < -0.39 is 10.0 Å². The summed E-state index contributed by atoms with van der Waals surface area (Å²) in [5, 5.41) is 3.17. The molecular formula is C17H13BrN6O2S2. The molecule has 3 heterocycles. The number of hydrogen-bond acceptors (Lipinski definition) is 7. The van der Waals surface area contributed by atoms with E-state index in [0.717, 1.165) is 20.8 Å². The SMILES string of the molecule is O=S(=O)(Nc1ccc(Nc2cc(-n3ccnc3)ncn2)cc1)c1ccc(Br)s1. The van der Waals surface area contributed by atoms with Crippen LogP contribution in [0.2, 0.25) is 0 Å². The highest BCUT2D eigenvalue weighted by atomic mass is 79.9. The van der Waals surface area contributed by atoms with Crippen LogP contribution in [0.1, 0.15) is 0 Å². The Bertz CT molecular complexity index is 1190. The summed E-state index contributed by atoms with van der Waals surface area (Å²) in [6, 6.07) is 11.9. The van der Waals surface area contributed by atoms with Crippen molar-refractivity contribution in [3.63, 3.8) is 0 Å². The lowest BCUT2D eigenvalue weighted by molar-refractivity contribution is 0.603. The standard InChI is InChI=1S/C17H13BrN6O2S2/c18-14-5-6-17(27-14)28(25,26)23-13-3-1-12(2-4-13)22-15-9-16(21-10-20-15)24-8-7-19-11-24/h1-11,23H,(H,20,21,22). The number of nitrogens with zero attached hydrogens (tertiary/aromatic N) is 4. The molecule has 4 aromatic rings. The highest BCUT2D eigenvalue weighted by Crippen LogP contribution is 2.28. The molecule has 0 unspecified atom stereocenters. The zero-order valence-corrected chi connectivity index (χ0v) is 17.4. The lowest BCUT2D eigenvalue weighted by Crippen LogP contribution is -2.11. The first-order valence-corrected chi connectivity index (χ1v) is 11.0. The van der Waals surface area contributed by atoms with Gasteiger partial charge in [-0.3, -0.25) is 9.29 Å². The summed E-state index contributed by atoms with van der Waals surface area (Å²) in [6.07, 6.45) is 6.57. The van der Waals surface area contributed by atoms with Gasteiger partial charge in [0.1, 0.15) is 28.5 Å². The second-order valence-corrected chi connectivity index (χ2v) is 9.97. The van der Waals surface area contributed by atoms with Crippen molar-refractivity contribution in [3.05, 3.63) is 71.3 Å². The minimum absolute atomic E-state index is 0.245. The number of thiophene rings is 1. The van der Waals surface area contributed by atoms with Crippen molar-refractivity contribution in [2.24, 2.45) is 0 Å². The molecule has 0 saturated carbocycles. The van der Waals surface area contributed by atoms with E-state index in [9.17, 15) is 8.42 Å². The molecule has 4 rings (SSSR count). The molecule has 0 radical (unpaired) electrons. The average Bonchev–Trinajstić information content (AvgIpc) is 3.35. The summed E-state index contributed by atoms with van der Waals surface area (Å²) in [6.45, 7) is 0. The molecule has 2 N–H and O–H groups in total. The fourth-order valence-electron chi connectivity index (χ4n) is 2.37. The minimum Gasteiger partial charge on any atom is -0.340 e. The Hall–Kier alpha value is -2.76. The van der Waals surface area contributed by atoms with E-state index in [1.165, 1.54) is 6.33 Å². The predicted octanol–water partition coefficient (Wildman–Crippen LogP) is 4.03. The average molecular weight is 477 g/mol. The molecule has 0 aliphatic rings. The molecule has 0 bridgehead atoms. The van der Waals surface area contributed by atoms with Crippen LogP contribution in [0.5, 0.6) is 0 Å². The molecule has 3 aromatic heterocycles. The number of rotatable bonds is 6. The number of hydrogen-bond donors (Lipinski definition) is 2. The third-order valence-electron chi connectivity index (χ3n) is 3.64. The van der Waals surface area contributed by atoms with Gasteiger partial charge < -0.3 is 5.32 Å².